The molecule has 0 unspecified atom stereocenters. The van der Waals surface area contributed by atoms with Gasteiger partial charge in [-0.2, -0.15) is 5.10 Å². The van der Waals surface area contributed by atoms with Crippen molar-refractivity contribution < 1.29 is 14.7 Å². The zero-order valence-electron chi connectivity index (χ0n) is 15.6. The maximum absolute atomic E-state index is 13.3. The van der Waals surface area contributed by atoms with E-state index >= 15 is 0 Å². The first-order valence-corrected chi connectivity index (χ1v) is 9.34. The fraction of sp³-hybridized carbons (Fsp3) is 0.0435. The third kappa shape index (κ3) is 2.76. The van der Waals surface area contributed by atoms with Gasteiger partial charge in [0, 0.05) is 23.0 Å². The molecule has 0 radical (unpaired) electrons. The van der Waals surface area contributed by atoms with Crippen molar-refractivity contribution in [1.82, 2.24) is 15.2 Å². The van der Waals surface area contributed by atoms with Gasteiger partial charge in [0.1, 0.15) is 11.7 Å². The van der Waals surface area contributed by atoms with E-state index in [0.717, 1.165) is 11.1 Å². The van der Waals surface area contributed by atoms with Crippen molar-refractivity contribution in [2.45, 2.75) is 6.04 Å². The Labute approximate surface area is 171 Å². The zero-order chi connectivity index (χ0) is 20.7. The summed E-state index contributed by atoms with van der Waals surface area (Å²) in [6.45, 7) is 0. The summed E-state index contributed by atoms with van der Waals surface area (Å²) in [7, 11) is 0. The van der Waals surface area contributed by atoms with Crippen LogP contribution in [0.4, 0.5) is 5.69 Å². The molecule has 4 aromatic rings. The van der Waals surface area contributed by atoms with Crippen molar-refractivity contribution in [2.24, 2.45) is 0 Å². The second-order valence-electron chi connectivity index (χ2n) is 6.89. The number of fused-ring (bicyclic) bond motifs is 1. The minimum atomic E-state index is -1.27. The van der Waals surface area contributed by atoms with E-state index in [9.17, 15) is 14.7 Å². The molecule has 0 fully saturated rings. The highest BCUT2D eigenvalue weighted by Crippen LogP contribution is 2.44. The Morgan fingerprint density at radius 3 is 2.37 bits per heavy atom. The molecule has 1 aliphatic rings. The lowest BCUT2D eigenvalue weighted by Gasteiger charge is -2.26. The second kappa shape index (κ2) is 6.97. The molecule has 0 saturated carbocycles. The van der Waals surface area contributed by atoms with Gasteiger partial charge in [-0.15, -0.1) is 0 Å². The molecule has 2 aromatic heterocycles. The summed E-state index contributed by atoms with van der Waals surface area (Å²) in [4.78, 5) is 30.5. The van der Waals surface area contributed by atoms with Crippen LogP contribution in [0.3, 0.4) is 0 Å². The summed E-state index contributed by atoms with van der Waals surface area (Å²) in [5, 5.41) is 18.4. The number of aromatic amines is 1. The first kappa shape index (κ1) is 17.8. The molecule has 1 amide bonds. The van der Waals surface area contributed by atoms with E-state index in [1.54, 1.807) is 23.2 Å². The number of nitrogens with one attached hydrogen (secondary N) is 1. The fourth-order valence-corrected chi connectivity index (χ4v) is 3.81. The number of carboxylic acid groups (broad SMARTS) is 1. The summed E-state index contributed by atoms with van der Waals surface area (Å²) in [5.41, 5.74) is 4.00. The molecule has 3 heterocycles. The molecule has 1 aliphatic heterocycles. The van der Waals surface area contributed by atoms with E-state index in [-0.39, 0.29) is 11.5 Å². The summed E-state index contributed by atoms with van der Waals surface area (Å²) >= 11 is 0. The van der Waals surface area contributed by atoms with E-state index in [2.05, 4.69) is 15.2 Å². The van der Waals surface area contributed by atoms with Crippen LogP contribution >= 0.6 is 0 Å². The van der Waals surface area contributed by atoms with Gasteiger partial charge < -0.3 is 9.90 Å². The lowest BCUT2D eigenvalue weighted by molar-refractivity contribution is -0.255. The van der Waals surface area contributed by atoms with Gasteiger partial charge in [-0.3, -0.25) is 19.8 Å². The van der Waals surface area contributed by atoms with E-state index in [0.29, 0.717) is 22.8 Å². The molecule has 1 atom stereocenters. The van der Waals surface area contributed by atoms with Crippen molar-refractivity contribution in [3.05, 3.63) is 102 Å². The number of carbonyl (C=O) groups is 2. The molecule has 0 spiro atoms. The highest BCUT2D eigenvalue weighted by atomic mass is 16.4. The standard InChI is InChI=1S/C23H16N4O3/c28-22-20-18(19(25-26-20)14-6-2-1-3-7-14)21(17-8-4-5-13-24-17)27(22)16-11-9-15(10-12-16)23(29)30/h1-13,21H,(H,25,26)(H,29,30)/p-1/t21-/m0/s1. The van der Waals surface area contributed by atoms with Gasteiger partial charge in [0.2, 0.25) is 0 Å². The molecule has 146 valence electrons. The Morgan fingerprint density at radius 1 is 0.967 bits per heavy atom. The number of H-pyrrole nitrogens is 1. The Hall–Kier alpha value is -4.26. The number of aromatic carboxylic acids is 1. The SMILES string of the molecule is O=C([O-])c1ccc(N2C(=O)c3[nH]nc(-c4ccccc4)c3[C@@H]2c2ccccn2)cc1. The van der Waals surface area contributed by atoms with Crippen molar-refractivity contribution in [2.75, 3.05) is 4.90 Å². The van der Waals surface area contributed by atoms with Gasteiger partial charge in [-0.05, 0) is 29.8 Å². The Balaban J connectivity index is 1.69. The smallest absolute Gasteiger partial charge is 0.277 e. The van der Waals surface area contributed by atoms with Crippen LogP contribution in [-0.2, 0) is 0 Å². The maximum atomic E-state index is 13.3. The third-order valence-electron chi connectivity index (χ3n) is 5.16. The van der Waals surface area contributed by atoms with Crippen LogP contribution in [0, 0.1) is 0 Å². The maximum Gasteiger partial charge on any atom is 0.277 e. The number of benzene rings is 2. The van der Waals surface area contributed by atoms with Crippen molar-refractivity contribution >= 4 is 17.6 Å². The molecule has 30 heavy (non-hydrogen) atoms. The number of pyridine rings is 1. The van der Waals surface area contributed by atoms with Gasteiger partial charge in [-0.1, -0.05) is 48.5 Å². The number of carbonyl (C=O) groups excluding carboxylic acids is 2. The molecule has 5 rings (SSSR count). The van der Waals surface area contributed by atoms with Gasteiger partial charge >= 0.3 is 0 Å². The zero-order valence-corrected chi connectivity index (χ0v) is 15.6. The normalized spacial score (nSPS) is 15.3. The fourth-order valence-electron chi connectivity index (χ4n) is 3.81. The first-order chi connectivity index (χ1) is 14.6. The summed E-state index contributed by atoms with van der Waals surface area (Å²) in [5.74, 6) is -1.52. The summed E-state index contributed by atoms with van der Waals surface area (Å²) in [6, 6.07) is 20.7. The topological polar surface area (TPSA) is 102 Å². The highest BCUT2D eigenvalue weighted by Gasteiger charge is 2.43. The van der Waals surface area contributed by atoms with Gasteiger partial charge in [0.25, 0.3) is 5.91 Å². The molecule has 7 heteroatoms. The number of carboxylic acids is 1. The van der Waals surface area contributed by atoms with Gasteiger partial charge in [0.15, 0.2) is 0 Å². The number of rotatable bonds is 4. The third-order valence-corrected chi connectivity index (χ3v) is 5.16. The number of aromatic nitrogens is 3. The minimum Gasteiger partial charge on any atom is -0.545 e. The average Bonchev–Trinajstić information content (AvgIpc) is 3.34. The Bertz CT molecular complexity index is 1230. The largest absolute Gasteiger partial charge is 0.545 e. The van der Waals surface area contributed by atoms with Crippen LogP contribution in [-0.4, -0.2) is 27.1 Å². The van der Waals surface area contributed by atoms with Crippen LogP contribution in [0.5, 0.6) is 0 Å². The second-order valence-corrected chi connectivity index (χ2v) is 6.89. The van der Waals surface area contributed by atoms with E-state index in [1.165, 1.54) is 12.1 Å². The van der Waals surface area contributed by atoms with E-state index in [1.807, 2.05) is 48.5 Å². The van der Waals surface area contributed by atoms with Crippen molar-refractivity contribution in [3.8, 4) is 11.3 Å². The molecule has 1 N–H and O–H groups in total. The Kier molecular flexibility index (Phi) is 4.14. The number of hydrogen-bond acceptors (Lipinski definition) is 5. The van der Waals surface area contributed by atoms with Crippen LogP contribution in [0.25, 0.3) is 11.3 Å². The van der Waals surface area contributed by atoms with Crippen LogP contribution in [0.1, 0.15) is 38.1 Å². The van der Waals surface area contributed by atoms with Crippen LogP contribution in [0.2, 0.25) is 0 Å². The van der Waals surface area contributed by atoms with Crippen molar-refractivity contribution in [3.63, 3.8) is 0 Å². The first-order valence-electron chi connectivity index (χ1n) is 9.34. The average molecular weight is 395 g/mol. The molecule has 7 nitrogen and oxygen atoms in total. The summed E-state index contributed by atoms with van der Waals surface area (Å²) in [6.07, 6.45) is 1.68. The Morgan fingerprint density at radius 2 is 1.70 bits per heavy atom. The number of anilines is 1. The van der Waals surface area contributed by atoms with Crippen LogP contribution in [0.15, 0.2) is 79.0 Å². The molecule has 0 bridgehead atoms. The number of hydrogen-bond donors (Lipinski definition) is 1. The van der Waals surface area contributed by atoms with Gasteiger partial charge in [-0.25, -0.2) is 0 Å². The monoisotopic (exact) mass is 395 g/mol. The molecule has 0 saturated heterocycles. The number of nitrogens with zero attached hydrogens (tertiary/aromatic N) is 3. The lowest BCUT2D eigenvalue weighted by atomic mass is 9.99. The predicted molar refractivity (Wildman–Crippen MR) is 108 cm³/mol. The van der Waals surface area contributed by atoms with Crippen molar-refractivity contribution in [1.29, 1.82) is 0 Å². The van der Waals surface area contributed by atoms with E-state index in [4.69, 9.17) is 0 Å². The highest BCUT2D eigenvalue weighted by molar-refractivity contribution is 6.11. The van der Waals surface area contributed by atoms with Crippen LogP contribution < -0.4 is 10.0 Å². The molecular formula is C23H15N4O3-. The quantitative estimate of drug-likeness (QED) is 0.572. The van der Waals surface area contributed by atoms with Gasteiger partial charge in [0.05, 0.1) is 17.4 Å². The summed E-state index contributed by atoms with van der Waals surface area (Å²) < 4.78 is 0. The lowest BCUT2D eigenvalue weighted by Crippen LogP contribution is -2.30. The predicted octanol–water partition coefficient (Wildman–Crippen LogP) is 2.59. The minimum absolute atomic E-state index is 0.0462. The molecule has 0 aliphatic carbocycles. The number of amides is 1. The molecular weight excluding hydrogens is 380 g/mol. The van der Waals surface area contributed by atoms with E-state index < -0.39 is 12.0 Å². The molecule has 2 aromatic carbocycles.